The number of anilines is 1. The average molecular weight is 452 g/mol. The molecule has 2 amide bonds. The maximum Gasteiger partial charge on any atom is 0.421 e. The number of nitrogens with zero attached hydrogens (tertiary/aromatic N) is 4. The fraction of sp³-hybridized carbons (Fsp3) is 0.500. The molecule has 0 radical (unpaired) electrons. The van der Waals surface area contributed by atoms with Gasteiger partial charge < -0.3 is 14.8 Å². The van der Waals surface area contributed by atoms with E-state index < -0.39 is 29.4 Å². The fourth-order valence-electron chi connectivity index (χ4n) is 3.45. The van der Waals surface area contributed by atoms with Crippen molar-refractivity contribution in [3.63, 3.8) is 0 Å². The van der Waals surface area contributed by atoms with Gasteiger partial charge in [0.15, 0.2) is 0 Å². The van der Waals surface area contributed by atoms with Crippen LogP contribution >= 0.6 is 0 Å². The van der Waals surface area contributed by atoms with Crippen molar-refractivity contribution < 1.29 is 22.8 Å². The fourth-order valence-corrected chi connectivity index (χ4v) is 3.45. The second-order valence-corrected chi connectivity index (χ2v) is 7.91. The number of urea groups is 1. The highest BCUT2D eigenvalue weighted by molar-refractivity contribution is 5.73. The Balaban J connectivity index is 1.27. The number of hydrogen-bond donors (Lipinski definition) is 2. The number of aromatic amines is 1. The molecule has 0 spiro atoms. The number of nitrogens with one attached hydrogen (secondary N) is 2. The Kier molecular flexibility index (Phi) is 6.04. The van der Waals surface area contributed by atoms with Gasteiger partial charge in [0.2, 0.25) is 5.95 Å². The molecule has 32 heavy (non-hydrogen) atoms. The Hall–Kier alpha value is -3.15. The number of pyridine rings is 1. The number of H-pyrrole nitrogens is 1. The van der Waals surface area contributed by atoms with Gasteiger partial charge in [-0.3, -0.25) is 9.63 Å². The van der Waals surface area contributed by atoms with Gasteiger partial charge in [0.1, 0.15) is 11.7 Å². The molecule has 2 fully saturated rings. The minimum atomic E-state index is -4.78. The first-order valence-electron chi connectivity index (χ1n) is 10.3. The summed E-state index contributed by atoms with van der Waals surface area (Å²) in [6.45, 7) is 3.37. The molecule has 1 unspecified atom stereocenters. The van der Waals surface area contributed by atoms with Crippen molar-refractivity contribution in [3.05, 3.63) is 51.7 Å². The van der Waals surface area contributed by atoms with Gasteiger partial charge >= 0.3 is 12.2 Å². The molecule has 1 aliphatic heterocycles. The van der Waals surface area contributed by atoms with E-state index in [4.69, 9.17) is 4.84 Å². The van der Waals surface area contributed by atoms with Crippen LogP contribution in [-0.4, -0.2) is 52.1 Å². The van der Waals surface area contributed by atoms with Crippen LogP contribution in [0.2, 0.25) is 0 Å². The van der Waals surface area contributed by atoms with Gasteiger partial charge in [0.25, 0.3) is 5.56 Å². The van der Waals surface area contributed by atoms with Crippen LogP contribution in [0.1, 0.15) is 48.5 Å². The van der Waals surface area contributed by atoms with Crippen LogP contribution in [0.4, 0.5) is 23.9 Å². The molecule has 1 aliphatic carbocycles. The van der Waals surface area contributed by atoms with E-state index in [2.05, 4.69) is 15.4 Å². The van der Waals surface area contributed by atoms with E-state index in [1.165, 1.54) is 24.7 Å². The molecule has 3 heterocycles. The Morgan fingerprint density at radius 2 is 1.88 bits per heavy atom. The van der Waals surface area contributed by atoms with Gasteiger partial charge in [-0.25, -0.2) is 20.2 Å². The van der Waals surface area contributed by atoms with E-state index in [-0.39, 0.29) is 5.56 Å². The van der Waals surface area contributed by atoms with Crippen molar-refractivity contribution in [2.24, 2.45) is 0 Å². The van der Waals surface area contributed by atoms with E-state index in [0.717, 1.165) is 11.8 Å². The topological polar surface area (TPSA) is 103 Å². The molecule has 2 aromatic heterocycles. The first-order valence-corrected chi connectivity index (χ1v) is 10.3. The molecule has 172 valence electrons. The predicted molar refractivity (Wildman–Crippen MR) is 108 cm³/mol. The van der Waals surface area contributed by atoms with Crippen molar-refractivity contribution in [3.8, 4) is 0 Å². The summed E-state index contributed by atoms with van der Waals surface area (Å²) >= 11 is 0. The number of alkyl halides is 3. The van der Waals surface area contributed by atoms with E-state index in [0.29, 0.717) is 44.1 Å². The number of amides is 2. The molecule has 0 bridgehead atoms. The summed E-state index contributed by atoms with van der Waals surface area (Å²) < 4.78 is 38.7. The normalized spacial score (nSPS) is 17.9. The zero-order valence-corrected chi connectivity index (χ0v) is 17.4. The number of aromatic nitrogens is 3. The number of carbonyl (C=O) groups is 1. The molecule has 9 nitrogen and oxygen atoms in total. The molecule has 0 aromatic carbocycles. The third-order valence-electron chi connectivity index (χ3n) is 5.58. The summed E-state index contributed by atoms with van der Waals surface area (Å²) in [6, 6.07) is 0.213. The highest BCUT2D eigenvalue weighted by Gasteiger charge is 2.34. The van der Waals surface area contributed by atoms with Crippen LogP contribution in [0.25, 0.3) is 0 Å². The maximum atomic E-state index is 12.9. The molecule has 12 heteroatoms. The molecule has 2 N–H and O–H groups in total. The molecule has 1 saturated heterocycles. The lowest BCUT2D eigenvalue weighted by Gasteiger charge is -2.34. The third kappa shape index (κ3) is 5.01. The summed E-state index contributed by atoms with van der Waals surface area (Å²) in [6.07, 6.45) is 1.52. The molecule has 2 aliphatic rings. The third-order valence-corrected chi connectivity index (χ3v) is 5.58. The second-order valence-electron chi connectivity index (χ2n) is 7.91. The Bertz CT molecular complexity index is 1010. The second kappa shape index (κ2) is 8.77. The predicted octanol–water partition coefficient (Wildman–Crippen LogP) is 2.59. The first-order chi connectivity index (χ1) is 15.2. The number of rotatable bonds is 5. The van der Waals surface area contributed by atoms with Crippen LogP contribution < -0.4 is 15.9 Å². The Morgan fingerprint density at radius 3 is 2.47 bits per heavy atom. The maximum absolute atomic E-state index is 12.9. The highest BCUT2D eigenvalue weighted by Crippen LogP contribution is 2.39. The number of hydroxylamine groups is 1. The minimum Gasteiger partial charge on any atom is -0.337 e. The van der Waals surface area contributed by atoms with Crippen LogP contribution in [0.3, 0.4) is 0 Å². The number of carbonyl (C=O) groups excluding carboxylic acids is 1. The standard InChI is InChI=1S/C20H23F3N6O3/c1-12(14-8-16(20(21,22)23)17(30)24-9-14)32-27-19(31)29-6-4-28(5-7-29)18-25-10-15(11-26-18)13-2-3-13/h8-13H,2-7H2,1H3,(H,24,30)(H,27,31). The highest BCUT2D eigenvalue weighted by atomic mass is 19.4. The summed E-state index contributed by atoms with van der Waals surface area (Å²) in [5, 5.41) is 0. The summed E-state index contributed by atoms with van der Waals surface area (Å²) in [7, 11) is 0. The zero-order chi connectivity index (χ0) is 22.9. The lowest BCUT2D eigenvalue weighted by molar-refractivity contribution is -0.138. The van der Waals surface area contributed by atoms with Gasteiger partial charge in [-0.2, -0.15) is 13.2 Å². The quantitative estimate of drug-likeness (QED) is 0.676. The van der Waals surface area contributed by atoms with E-state index in [1.807, 2.05) is 22.3 Å². The van der Waals surface area contributed by atoms with Crippen molar-refractivity contribution in [1.82, 2.24) is 25.3 Å². The van der Waals surface area contributed by atoms with Crippen LogP contribution in [0.5, 0.6) is 0 Å². The lowest BCUT2D eigenvalue weighted by Crippen LogP contribution is -2.52. The monoisotopic (exact) mass is 452 g/mol. The first kappa shape index (κ1) is 22.1. The summed E-state index contributed by atoms with van der Waals surface area (Å²) in [4.78, 5) is 43.4. The summed E-state index contributed by atoms with van der Waals surface area (Å²) in [5.74, 6) is 1.21. The van der Waals surface area contributed by atoms with E-state index >= 15 is 0 Å². The van der Waals surface area contributed by atoms with Gasteiger partial charge in [0.05, 0.1) is 0 Å². The zero-order valence-electron chi connectivity index (χ0n) is 17.4. The lowest BCUT2D eigenvalue weighted by atomic mass is 10.1. The smallest absolute Gasteiger partial charge is 0.337 e. The van der Waals surface area contributed by atoms with Crippen molar-refractivity contribution in [2.45, 2.75) is 38.0 Å². The minimum absolute atomic E-state index is 0.0776. The van der Waals surface area contributed by atoms with Gasteiger partial charge in [-0.15, -0.1) is 0 Å². The van der Waals surface area contributed by atoms with Crippen LogP contribution in [0, 0.1) is 0 Å². The number of piperazine rings is 1. The number of halogens is 3. The molecular formula is C20H23F3N6O3. The van der Waals surface area contributed by atoms with Gasteiger partial charge in [-0.1, -0.05) is 0 Å². The van der Waals surface area contributed by atoms with Crippen molar-refractivity contribution in [1.29, 1.82) is 0 Å². The molecule has 4 rings (SSSR count). The largest absolute Gasteiger partial charge is 0.421 e. The van der Waals surface area contributed by atoms with Crippen LogP contribution in [0.15, 0.2) is 29.5 Å². The van der Waals surface area contributed by atoms with Crippen molar-refractivity contribution in [2.75, 3.05) is 31.1 Å². The molecule has 1 atom stereocenters. The molecule has 1 saturated carbocycles. The molecular weight excluding hydrogens is 429 g/mol. The summed E-state index contributed by atoms with van der Waals surface area (Å²) in [5.41, 5.74) is 0.948. The number of hydrogen-bond acceptors (Lipinski definition) is 6. The SMILES string of the molecule is CC(ONC(=O)N1CCN(c2ncc(C3CC3)cn2)CC1)c1c[nH]c(=O)c(C(F)(F)F)c1. The Labute approximate surface area is 181 Å². The Morgan fingerprint density at radius 1 is 1.22 bits per heavy atom. The average Bonchev–Trinajstić information content (AvgIpc) is 3.62. The van der Waals surface area contributed by atoms with Gasteiger partial charge in [0, 0.05) is 50.3 Å². The van der Waals surface area contributed by atoms with Crippen molar-refractivity contribution >= 4 is 12.0 Å². The van der Waals surface area contributed by atoms with Gasteiger partial charge in [-0.05, 0) is 37.3 Å². The molecule has 2 aromatic rings. The van der Waals surface area contributed by atoms with E-state index in [1.54, 1.807) is 0 Å². The van der Waals surface area contributed by atoms with Crippen LogP contribution in [-0.2, 0) is 11.0 Å². The van der Waals surface area contributed by atoms with E-state index in [9.17, 15) is 22.8 Å².